The first kappa shape index (κ1) is 67.5. The fourth-order valence-electron chi connectivity index (χ4n) is 8.64. The third kappa shape index (κ3) is 55.7. The molecule has 2 unspecified atom stereocenters. The van der Waals surface area contributed by atoms with E-state index in [1.54, 1.807) is 0 Å². The smallest absolute Gasteiger partial charge is 0.462 e. The number of hydrogen-bond donors (Lipinski definition) is 1. The maximum atomic E-state index is 12.8. The zero-order valence-corrected chi connectivity index (χ0v) is 47.2. The number of esters is 2. The molecule has 0 spiro atoms. The summed E-state index contributed by atoms with van der Waals surface area (Å²) in [4.78, 5) is 35.7. The van der Waals surface area contributed by atoms with Crippen molar-refractivity contribution >= 4 is 19.8 Å². The maximum Gasteiger partial charge on any atom is 0.472 e. The first-order chi connectivity index (χ1) is 33.5. The van der Waals surface area contributed by atoms with Crippen LogP contribution in [-0.4, -0.2) is 74.9 Å². The van der Waals surface area contributed by atoms with Crippen molar-refractivity contribution in [2.75, 3.05) is 47.5 Å². The second-order valence-corrected chi connectivity index (χ2v) is 22.8. The molecule has 2 atom stereocenters. The van der Waals surface area contributed by atoms with Crippen molar-refractivity contribution in [3.8, 4) is 0 Å². The molecule has 0 aliphatic rings. The molecule has 0 saturated carbocycles. The van der Waals surface area contributed by atoms with E-state index < -0.39 is 26.5 Å². The summed E-state index contributed by atoms with van der Waals surface area (Å²) in [5.41, 5.74) is 0. The number of allylic oxidation sites excluding steroid dienone is 4. The monoisotopic (exact) mass is 997 g/mol. The number of phosphoric acid groups is 1. The number of phosphoric ester groups is 1. The zero-order chi connectivity index (χ0) is 50.6. The van der Waals surface area contributed by atoms with Crippen molar-refractivity contribution < 1.29 is 42.1 Å². The molecule has 1 N–H and O–H groups in total. The number of ether oxygens (including phenoxy) is 2. The fraction of sp³-hybridized carbons (Fsp3) is 0.898. The van der Waals surface area contributed by atoms with Crippen molar-refractivity contribution in [2.45, 2.75) is 296 Å². The van der Waals surface area contributed by atoms with E-state index in [-0.39, 0.29) is 25.6 Å². The van der Waals surface area contributed by atoms with Crippen LogP contribution in [0.4, 0.5) is 0 Å². The van der Waals surface area contributed by atoms with Gasteiger partial charge in [0.25, 0.3) is 0 Å². The van der Waals surface area contributed by atoms with Crippen LogP contribution in [0, 0.1) is 0 Å². The molecular weight excluding hydrogens is 882 g/mol. The molecule has 10 heteroatoms. The molecule has 69 heavy (non-hydrogen) atoms. The van der Waals surface area contributed by atoms with Gasteiger partial charge in [0.15, 0.2) is 6.10 Å². The highest BCUT2D eigenvalue weighted by atomic mass is 31.2. The molecule has 0 saturated heterocycles. The number of likely N-dealkylation sites (N-methyl/N-ethyl adjacent to an activating group) is 1. The molecule has 0 rings (SSSR count). The van der Waals surface area contributed by atoms with Gasteiger partial charge in [0, 0.05) is 12.8 Å². The molecule has 0 radical (unpaired) electrons. The summed E-state index contributed by atoms with van der Waals surface area (Å²) in [7, 11) is 1.49. The van der Waals surface area contributed by atoms with Crippen LogP contribution >= 0.6 is 7.82 Å². The van der Waals surface area contributed by atoms with E-state index in [0.717, 1.165) is 44.9 Å². The van der Waals surface area contributed by atoms with E-state index >= 15 is 0 Å². The highest BCUT2D eigenvalue weighted by Crippen LogP contribution is 2.43. The summed E-state index contributed by atoms with van der Waals surface area (Å²) in [6.45, 7) is 4.47. The molecule has 0 aliphatic carbocycles. The summed E-state index contributed by atoms with van der Waals surface area (Å²) in [5.74, 6) is -0.786. The van der Waals surface area contributed by atoms with Crippen molar-refractivity contribution in [3.63, 3.8) is 0 Å². The van der Waals surface area contributed by atoms with Gasteiger partial charge < -0.3 is 18.9 Å². The Balaban J connectivity index is 4.12. The van der Waals surface area contributed by atoms with Crippen LogP contribution in [0.1, 0.15) is 290 Å². The van der Waals surface area contributed by atoms with E-state index in [2.05, 4.69) is 38.2 Å². The largest absolute Gasteiger partial charge is 0.472 e. The third-order valence-corrected chi connectivity index (χ3v) is 14.2. The lowest BCUT2D eigenvalue weighted by Gasteiger charge is -2.24. The minimum atomic E-state index is -4.38. The fourth-order valence-corrected chi connectivity index (χ4v) is 9.38. The minimum absolute atomic E-state index is 0.0333. The van der Waals surface area contributed by atoms with E-state index in [4.69, 9.17) is 18.5 Å². The van der Waals surface area contributed by atoms with Crippen LogP contribution in [-0.2, 0) is 32.7 Å². The number of unbranched alkanes of at least 4 members (excludes halogenated alkanes) is 37. The quantitative estimate of drug-likeness (QED) is 0.0211. The first-order valence-electron chi connectivity index (χ1n) is 29.6. The average Bonchev–Trinajstić information content (AvgIpc) is 3.31. The van der Waals surface area contributed by atoms with Gasteiger partial charge >= 0.3 is 19.8 Å². The topological polar surface area (TPSA) is 108 Å². The number of nitrogens with zero attached hydrogens (tertiary/aromatic N) is 1. The molecule has 0 bridgehead atoms. The molecule has 0 aliphatic heterocycles. The maximum absolute atomic E-state index is 12.8. The van der Waals surface area contributed by atoms with Gasteiger partial charge in [-0.1, -0.05) is 256 Å². The summed E-state index contributed by atoms with van der Waals surface area (Å²) >= 11 is 0. The summed E-state index contributed by atoms with van der Waals surface area (Å²) in [6, 6.07) is 0. The molecular formula is C59H115NO8P+. The number of quaternary nitrogens is 1. The molecule has 0 amide bonds. The lowest BCUT2D eigenvalue weighted by Crippen LogP contribution is -2.37. The summed E-state index contributed by atoms with van der Waals surface area (Å²) < 4.78 is 34.6. The van der Waals surface area contributed by atoms with Crippen molar-refractivity contribution in [2.24, 2.45) is 0 Å². The average molecular weight is 998 g/mol. The Morgan fingerprint density at radius 3 is 1.14 bits per heavy atom. The van der Waals surface area contributed by atoms with Crippen LogP contribution < -0.4 is 0 Å². The molecule has 0 heterocycles. The van der Waals surface area contributed by atoms with Crippen LogP contribution in [0.25, 0.3) is 0 Å². The Labute approximate surface area is 428 Å². The van der Waals surface area contributed by atoms with Gasteiger partial charge in [0.2, 0.25) is 0 Å². The van der Waals surface area contributed by atoms with Gasteiger partial charge in [-0.3, -0.25) is 18.6 Å². The predicted octanol–water partition coefficient (Wildman–Crippen LogP) is 18.2. The zero-order valence-electron chi connectivity index (χ0n) is 46.3. The van der Waals surface area contributed by atoms with Crippen LogP contribution in [0.15, 0.2) is 24.3 Å². The second kappa shape index (κ2) is 51.4. The number of carbonyl (C=O) groups is 2. The van der Waals surface area contributed by atoms with Crippen LogP contribution in [0.3, 0.4) is 0 Å². The van der Waals surface area contributed by atoms with E-state index in [0.29, 0.717) is 23.9 Å². The highest BCUT2D eigenvalue weighted by molar-refractivity contribution is 7.47. The number of rotatable bonds is 55. The normalized spacial score (nSPS) is 13.4. The van der Waals surface area contributed by atoms with E-state index in [1.165, 1.54) is 212 Å². The predicted molar refractivity (Wildman–Crippen MR) is 294 cm³/mol. The van der Waals surface area contributed by atoms with Gasteiger partial charge in [0.1, 0.15) is 19.8 Å². The Bertz CT molecular complexity index is 1220. The van der Waals surface area contributed by atoms with Crippen LogP contribution in [0.2, 0.25) is 0 Å². The van der Waals surface area contributed by atoms with Gasteiger partial charge in [-0.15, -0.1) is 0 Å². The standard InChI is InChI=1S/C59H114NO8P/c1-6-8-10-12-14-16-18-20-22-24-26-28-29-30-32-33-35-37-39-41-43-45-47-49-51-58(61)65-55-57(56-67-69(63,64)66-54-53-60(3,4)5)68-59(62)52-50-48-46-44-42-40-38-36-34-31-27-25-23-21-19-17-15-13-11-9-7-2/h19,21,25,27,57H,6-18,20,22-24,26,28-56H2,1-5H3/p+1/b21-19-,27-25-. The van der Waals surface area contributed by atoms with E-state index in [9.17, 15) is 19.0 Å². The van der Waals surface area contributed by atoms with Crippen molar-refractivity contribution in [1.29, 1.82) is 0 Å². The molecule has 0 aromatic heterocycles. The molecule has 0 aromatic rings. The lowest BCUT2D eigenvalue weighted by atomic mass is 10.0. The second-order valence-electron chi connectivity index (χ2n) is 21.4. The molecule has 9 nitrogen and oxygen atoms in total. The summed E-state index contributed by atoms with van der Waals surface area (Å²) in [5, 5.41) is 0. The van der Waals surface area contributed by atoms with Crippen LogP contribution in [0.5, 0.6) is 0 Å². The van der Waals surface area contributed by atoms with Gasteiger partial charge in [0.05, 0.1) is 27.7 Å². The minimum Gasteiger partial charge on any atom is -0.462 e. The van der Waals surface area contributed by atoms with Gasteiger partial charge in [-0.05, 0) is 44.9 Å². The summed E-state index contributed by atoms with van der Waals surface area (Å²) in [6.07, 6.45) is 61.0. The van der Waals surface area contributed by atoms with Crippen molar-refractivity contribution in [3.05, 3.63) is 24.3 Å². The SMILES string of the molecule is CCCCCCC/C=C\C/C=C\CCCCCCCCCCCC(=O)OC(COC(=O)CCCCCCCCCCCCCCCCCCCCCCCCCC)COP(=O)(O)OCC[N+](C)(C)C. The molecule has 0 fully saturated rings. The van der Waals surface area contributed by atoms with Crippen molar-refractivity contribution in [1.82, 2.24) is 0 Å². The Morgan fingerprint density at radius 2 is 0.783 bits per heavy atom. The Hall–Kier alpha value is -1.51. The Kier molecular flexibility index (Phi) is 50.3. The molecule has 0 aromatic carbocycles. The van der Waals surface area contributed by atoms with E-state index in [1.807, 2.05) is 21.1 Å². The van der Waals surface area contributed by atoms with Gasteiger partial charge in [-0.25, -0.2) is 4.57 Å². The number of hydrogen-bond acceptors (Lipinski definition) is 7. The lowest BCUT2D eigenvalue weighted by molar-refractivity contribution is -0.870. The first-order valence-corrected chi connectivity index (χ1v) is 31.1. The highest BCUT2D eigenvalue weighted by Gasteiger charge is 2.27. The third-order valence-electron chi connectivity index (χ3n) is 13.2. The van der Waals surface area contributed by atoms with Gasteiger partial charge in [-0.2, -0.15) is 0 Å². The number of carbonyl (C=O) groups excluding carboxylic acids is 2. The Morgan fingerprint density at radius 1 is 0.449 bits per heavy atom. The molecule has 408 valence electrons.